The molecular weight excluding hydrogens is 696 g/mol. The number of carboxylic acids is 5. The second kappa shape index (κ2) is 22.6. The molecule has 21 nitrogen and oxygen atoms in total. The Balaban J connectivity index is 3.06. The number of aliphatic carboxylic acids is 5. The minimum Gasteiger partial charge on any atom is -0.481 e. The highest BCUT2D eigenvalue weighted by molar-refractivity contribution is 5.95. The Hall–Kier alpha value is -6.12. The quantitative estimate of drug-likeness (QED) is 0.0481. The summed E-state index contributed by atoms with van der Waals surface area (Å²) in [6.45, 7) is -0.886. The van der Waals surface area contributed by atoms with Gasteiger partial charge in [-0.1, -0.05) is 30.3 Å². The number of nitrogens with two attached hydrogens (primary N) is 1. The monoisotopic (exact) mass is 738 g/mol. The number of amides is 5. The number of nitrogens with one attached hydrogen (secondary N) is 5. The third kappa shape index (κ3) is 18.0. The molecule has 0 aromatic heterocycles. The van der Waals surface area contributed by atoms with E-state index in [1.807, 2.05) is 0 Å². The lowest BCUT2D eigenvalue weighted by Crippen LogP contribution is -2.57. The SMILES string of the molecule is NC(CCC(=O)O)C(=O)NC(CCC(=O)O)C(=O)NCC(=O)NC(CCC(=O)O)C(=O)NC(CCC(=O)O)C(=O)NC(Cc1ccccc1)C(=O)O. The Labute approximate surface area is 295 Å². The lowest BCUT2D eigenvalue weighted by molar-refractivity contribution is -0.143. The average molecular weight is 739 g/mol. The summed E-state index contributed by atoms with van der Waals surface area (Å²) in [6.07, 6.45) is -4.42. The molecule has 1 aromatic rings. The van der Waals surface area contributed by atoms with Crippen LogP contribution < -0.4 is 32.3 Å². The molecule has 0 aliphatic heterocycles. The van der Waals surface area contributed by atoms with E-state index in [1.54, 1.807) is 30.3 Å². The molecule has 1 aromatic carbocycles. The van der Waals surface area contributed by atoms with Crippen molar-refractivity contribution in [2.75, 3.05) is 6.54 Å². The van der Waals surface area contributed by atoms with Crippen LogP contribution in [0.1, 0.15) is 56.9 Å². The van der Waals surface area contributed by atoms with Crippen molar-refractivity contribution < 1.29 is 73.5 Å². The Morgan fingerprint density at radius 3 is 1.38 bits per heavy atom. The zero-order valence-corrected chi connectivity index (χ0v) is 27.7. The van der Waals surface area contributed by atoms with E-state index >= 15 is 0 Å². The second-order valence-corrected chi connectivity index (χ2v) is 11.4. The molecular formula is C31H42N6O15. The van der Waals surface area contributed by atoms with Crippen molar-refractivity contribution in [1.29, 1.82) is 0 Å². The first-order chi connectivity index (χ1) is 24.4. The van der Waals surface area contributed by atoms with Crippen LogP contribution in [0, 0.1) is 0 Å². The molecule has 0 saturated carbocycles. The van der Waals surface area contributed by atoms with Crippen LogP contribution in [0.5, 0.6) is 0 Å². The predicted molar refractivity (Wildman–Crippen MR) is 174 cm³/mol. The average Bonchev–Trinajstić information content (AvgIpc) is 3.07. The Bertz CT molecular complexity index is 1470. The minimum absolute atomic E-state index is 0.164. The third-order valence-electron chi connectivity index (χ3n) is 7.18. The van der Waals surface area contributed by atoms with E-state index in [4.69, 9.17) is 26.2 Å². The maximum absolute atomic E-state index is 13.2. The summed E-state index contributed by atoms with van der Waals surface area (Å²) in [4.78, 5) is 121. The number of hydrogen-bond donors (Lipinski definition) is 11. The van der Waals surface area contributed by atoms with Gasteiger partial charge in [0.2, 0.25) is 29.5 Å². The number of benzene rings is 1. The van der Waals surface area contributed by atoms with Crippen LogP contribution in [0.25, 0.3) is 0 Å². The predicted octanol–water partition coefficient (Wildman–Crippen LogP) is -2.84. The normalized spacial score (nSPS) is 13.5. The molecule has 5 atom stereocenters. The molecule has 286 valence electrons. The summed E-state index contributed by atoms with van der Waals surface area (Å²) in [5, 5.41) is 56.7. The van der Waals surface area contributed by atoms with E-state index in [9.17, 15) is 53.1 Å². The molecule has 0 radical (unpaired) electrons. The first-order valence-electron chi connectivity index (χ1n) is 15.8. The van der Waals surface area contributed by atoms with Crippen LogP contribution in [0.2, 0.25) is 0 Å². The topological polar surface area (TPSA) is 358 Å². The number of carbonyl (C=O) groups is 10. The lowest BCUT2D eigenvalue weighted by Gasteiger charge is -2.24. The van der Waals surface area contributed by atoms with Crippen molar-refractivity contribution in [3.05, 3.63) is 35.9 Å². The molecule has 1 rings (SSSR count). The van der Waals surface area contributed by atoms with Crippen molar-refractivity contribution in [2.24, 2.45) is 5.73 Å². The molecule has 5 unspecified atom stereocenters. The molecule has 0 bridgehead atoms. The maximum atomic E-state index is 13.2. The van der Waals surface area contributed by atoms with Gasteiger partial charge >= 0.3 is 29.8 Å². The zero-order valence-electron chi connectivity index (χ0n) is 27.7. The van der Waals surface area contributed by atoms with Gasteiger partial charge in [0.15, 0.2) is 0 Å². The highest BCUT2D eigenvalue weighted by atomic mass is 16.4. The van der Waals surface area contributed by atoms with Crippen LogP contribution >= 0.6 is 0 Å². The van der Waals surface area contributed by atoms with Crippen molar-refractivity contribution in [3.8, 4) is 0 Å². The van der Waals surface area contributed by atoms with Gasteiger partial charge in [0.1, 0.15) is 24.2 Å². The van der Waals surface area contributed by atoms with Crippen LogP contribution in [-0.4, -0.2) is 122 Å². The van der Waals surface area contributed by atoms with Gasteiger partial charge in [0, 0.05) is 32.1 Å². The van der Waals surface area contributed by atoms with Crippen LogP contribution in [0.4, 0.5) is 0 Å². The zero-order chi connectivity index (χ0) is 39.4. The first-order valence-corrected chi connectivity index (χ1v) is 15.8. The largest absolute Gasteiger partial charge is 0.481 e. The molecule has 12 N–H and O–H groups in total. The van der Waals surface area contributed by atoms with Crippen molar-refractivity contribution in [2.45, 2.75) is 88.0 Å². The molecule has 52 heavy (non-hydrogen) atoms. The van der Waals surface area contributed by atoms with E-state index in [-0.39, 0.29) is 12.8 Å². The van der Waals surface area contributed by atoms with Crippen molar-refractivity contribution in [3.63, 3.8) is 0 Å². The highest BCUT2D eigenvalue weighted by Gasteiger charge is 2.31. The van der Waals surface area contributed by atoms with Gasteiger partial charge in [-0.2, -0.15) is 0 Å². The molecule has 0 saturated heterocycles. The van der Waals surface area contributed by atoms with Crippen molar-refractivity contribution >= 4 is 59.4 Å². The van der Waals surface area contributed by atoms with E-state index in [2.05, 4.69) is 26.6 Å². The smallest absolute Gasteiger partial charge is 0.326 e. The molecule has 0 heterocycles. The molecule has 0 aliphatic carbocycles. The van der Waals surface area contributed by atoms with Crippen LogP contribution in [-0.2, 0) is 54.4 Å². The van der Waals surface area contributed by atoms with E-state index < -0.39 is 141 Å². The summed E-state index contributed by atoms with van der Waals surface area (Å²) in [5.41, 5.74) is 6.17. The number of carbonyl (C=O) groups excluding carboxylic acids is 5. The summed E-state index contributed by atoms with van der Waals surface area (Å²) in [7, 11) is 0. The van der Waals surface area contributed by atoms with Gasteiger partial charge in [0.05, 0.1) is 12.6 Å². The fraction of sp³-hybridized carbons (Fsp3) is 0.484. The second-order valence-electron chi connectivity index (χ2n) is 11.4. The Morgan fingerprint density at radius 2 is 0.923 bits per heavy atom. The van der Waals surface area contributed by atoms with E-state index in [0.717, 1.165) is 0 Å². The molecule has 0 fully saturated rings. The van der Waals surface area contributed by atoms with Crippen LogP contribution in [0.3, 0.4) is 0 Å². The van der Waals surface area contributed by atoms with Gasteiger partial charge in [0.25, 0.3) is 0 Å². The maximum Gasteiger partial charge on any atom is 0.326 e. The summed E-state index contributed by atoms with van der Waals surface area (Å²) >= 11 is 0. The number of hydrogen-bond acceptors (Lipinski definition) is 11. The number of carboxylic acid groups (broad SMARTS) is 5. The van der Waals surface area contributed by atoms with Gasteiger partial charge in [-0.25, -0.2) is 4.79 Å². The summed E-state index contributed by atoms with van der Waals surface area (Å²) in [5.74, 6) is -12.1. The van der Waals surface area contributed by atoms with Gasteiger partial charge in [-0.3, -0.25) is 43.2 Å². The van der Waals surface area contributed by atoms with Gasteiger partial charge < -0.3 is 57.9 Å². The Kier molecular flexibility index (Phi) is 19.1. The minimum atomic E-state index is -1.67. The standard InChI is InChI=1S/C31H42N6O15/c32-17(6-10-23(39)40)27(47)35-18(7-11-24(41)42)28(48)33-15-22(38)34-19(8-12-25(43)44)29(49)36-20(9-13-26(45)46)30(50)37-21(31(51)52)14-16-4-2-1-3-5-16/h1-5,17-21H,6-15,32H2,(H,33,48)(H,34,38)(H,35,47)(H,36,49)(H,37,50)(H,39,40)(H,41,42)(H,43,44)(H,45,46)(H,51,52). The molecule has 21 heteroatoms. The fourth-order valence-corrected chi connectivity index (χ4v) is 4.43. The first kappa shape index (κ1) is 43.9. The number of rotatable bonds is 25. The summed E-state index contributed by atoms with van der Waals surface area (Å²) in [6, 6.07) is 0.470. The molecule has 5 amide bonds. The Morgan fingerprint density at radius 1 is 0.519 bits per heavy atom. The summed E-state index contributed by atoms with van der Waals surface area (Å²) < 4.78 is 0. The van der Waals surface area contributed by atoms with Gasteiger partial charge in [-0.15, -0.1) is 0 Å². The van der Waals surface area contributed by atoms with Crippen molar-refractivity contribution in [1.82, 2.24) is 26.6 Å². The van der Waals surface area contributed by atoms with E-state index in [0.29, 0.717) is 5.56 Å². The highest BCUT2D eigenvalue weighted by Crippen LogP contribution is 2.08. The van der Waals surface area contributed by atoms with E-state index in [1.165, 1.54) is 0 Å². The van der Waals surface area contributed by atoms with Crippen LogP contribution in [0.15, 0.2) is 30.3 Å². The fourth-order valence-electron chi connectivity index (χ4n) is 4.43. The lowest BCUT2D eigenvalue weighted by atomic mass is 10.0. The third-order valence-corrected chi connectivity index (χ3v) is 7.18. The van der Waals surface area contributed by atoms with Gasteiger partial charge in [-0.05, 0) is 31.2 Å². The molecule has 0 spiro atoms. The molecule has 0 aliphatic rings.